The molecule has 0 bridgehead atoms. The average molecular weight is 582 g/mol. The van der Waals surface area contributed by atoms with Gasteiger partial charge >= 0.3 is 15.2 Å². The Bertz CT molecular complexity index is 1900. The van der Waals surface area contributed by atoms with E-state index in [1.165, 1.54) is 0 Å². The Kier molecular flexibility index (Phi) is 4.53. The van der Waals surface area contributed by atoms with Crippen LogP contribution in [-0.4, -0.2) is 28.7 Å². The Labute approximate surface area is 222 Å². The predicted octanol–water partition coefficient (Wildman–Crippen LogP) is 8.05. The van der Waals surface area contributed by atoms with E-state index in [2.05, 4.69) is 10.2 Å². The number of nitrogens with zero attached hydrogens (tertiary/aromatic N) is 9. The second kappa shape index (κ2) is 7.61. The van der Waals surface area contributed by atoms with Crippen LogP contribution in [0.3, 0.4) is 0 Å². The monoisotopic (exact) mass is 581 g/mol. The molecule has 2 aromatic carbocycles. The van der Waals surface area contributed by atoms with Crippen LogP contribution in [0.1, 0.15) is 11.4 Å². The molecule has 2 spiro atoms. The van der Waals surface area contributed by atoms with Crippen molar-refractivity contribution in [2.75, 3.05) is 0 Å². The van der Waals surface area contributed by atoms with Crippen molar-refractivity contribution in [1.82, 2.24) is 28.7 Å². The normalized spacial score (nSPS) is 26.1. The van der Waals surface area contributed by atoms with Crippen LogP contribution in [0.25, 0.3) is 22.5 Å². The molecule has 0 fully saturated rings. The van der Waals surface area contributed by atoms with E-state index in [1.807, 2.05) is 80.6 Å². The van der Waals surface area contributed by atoms with Gasteiger partial charge < -0.3 is 9.05 Å². The van der Waals surface area contributed by atoms with E-state index >= 15 is 0 Å². The van der Waals surface area contributed by atoms with Crippen molar-refractivity contribution in [2.24, 2.45) is 13.5 Å². The van der Waals surface area contributed by atoms with Crippen LogP contribution in [0.15, 0.2) is 92.7 Å². The minimum atomic E-state index is -3.35. The second-order valence-electron chi connectivity index (χ2n) is 8.99. The summed E-state index contributed by atoms with van der Waals surface area (Å²) in [5, 5.41) is 14.0. The van der Waals surface area contributed by atoms with Gasteiger partial charge in [0, 0.05) is 16.8 Å². The Hall–Kier alpha value is -3.35. The minimum absolute atomic E-state index is 0.649. The average Bonchev–Trinajstić information content (AvgIpc) is 3.65. The SMILES string of the molecule is Cc1cc(C)n(P2(Cl)=NP3(=NP4(=N2)Oc2ccccc2-c2ccnn24)Oc2ccccc2-c2ccnn23)n1. The maximum atomic E-state index is 7.52. The van der Waals surface area contributed by atoms with Gasteiger partial charge in [0.05, 0.1) is 29.5 Å². The smallest absolute Gasteiger partial charge is 0.383 e. The molecule has 5 aromatic rings. The number of benzene rings is 2. The molecule has 3 aliphatic rings. The number of rotatable bonds is 1. The van der Waals surface area contributed by atoms with Crippen LogP contribution in [0.2, 0.25) is 0 Å². The van der Waals surface area contributed by atoms with Crippen molar-refractivity contribution in [1.29, 1.82) is 0 Å². The summed E-state index contributed by atoms with van der Waals surface area (Å²) in [5.74, 6) is 1.30. The molecule has 3 aliphatic heterocycles. The maximum Gasteiger partial charge on any atom is 0.383 e. The highest BCUT2D eigenvalue weighted by Gasteiger charge is 2.49. The molecule has 15 heteroatoms. The predicted molar refractivity (Wildman–Crippen MR) is 148 cm³/mol. The molecule has 38 heavy (non-hydrogen) atoms. The summed E-state index contributed by atoms with van der Waals surface area (Å²) in [6.45, 7) is 0.520. The number of para-hydroxylation sites is 2. The summed E-state index contributed by atoms with van der Waals surface area (Å²) in [7, 11) is -6.70. The first-order valence-electron chi connectivity index (χ1n) is 11.7. The van der Waals surface area contributed by atoms with Crippen molar-refractivity contribution >= 4 is 33.1 Å². The number of halogens is 1. The van der Waals surface area contributed by atoms with Crippen molar-refractivity contribution in [3.63, 3.8) is 0 Å². The zero-order chi connectivity index (χ0) is 25.7. The molecule has 190 valence electrons. The first-order valence-corrected chi connectivity index (χ1v) is 17.4. The van der Waals surface area contributed by atoms with Crippen molar-refractivity contribution in [3.05, 3.63) is 90.5 Å². The topological polar surface area (TPSA) is 109 Å². The van der Waals surface area contributed by atoms with Crippen molar-refractivity contribution in [2.45, 2.75) is 13.8 Å². The van der Waals surface area contributed by atoms with E-state index in [0.29, 0.717) is 11.5 Å². The first kappa shape index (κ1) is 22.6. The van der Waals surface area contributed by atoms with E-state index in [4.69, 9.17) is 38.9 Å². The van der Waals surface area contributed by atoms with Gasteiger partial charge in [0.25, 0.3) is 6.71 Å². The summed E-state index contributed by atoms with van der Waals surface area (Å²) in [4.78, 5) is 0. The Morgan fingerprint density at radius 1 is 0.684 bits per heavy atom. The minimum Gasteiger partial charge on any atom is -0.425 e. The van der Waals surface area contributed by atoms with Crippen molar-refractivity contribution < 1.29 is 9.05 Å². The number of fused-ring (bicyclic) bond motifs is 8. The fraction of sp³-hybridized carbons (Fsp3) is 0.0870. The van der Waals surface area contributed by atoms with Gasteiger partial charge in [-0.15, -0.1) is 4.52 Å². The van der Waals surface area contributed by atoms with Gasteiger partial charge in [-0.2, -0.15) is 33.2 Å². The molecule has 0 saturated carbocycles. The third-order valence-electron chi connectivity index (χ3n) is 6.43. The zero-order valence-corrected chi connectivity index (χ0v) is 23.5. The summed E-state index contributed by atoms with van der Waals surface area (Å²) in [6, 6.07) is 21.4. The standard InChI is InChI=1S/C23H19ClN9O2P3/c1-16-15-17(2)31(27-16)36(24)28-37(32-20(11-13-25-32)18-7-3-5-9-22(18)34-37)30-38(29-36)33-21(12-14-26-33)19-8-4-6-10-23(19)35-38/h3-15H,1-2H3. The number of aryl methyl sites for hydroxylation is 2. The summed E-state index contributed by atoms with van der Waals surface area (Å²) in [5.41, 5.74) is 5.10. The van der Waals surface area contributed by atoms with Gasteiger partial charge in [0.1, 0.15) is 11.5 Å². The molecule has 3 unspecified atom stereocenters. The summed E-state index contributed by atoms with van der Waals surface area (Å²) >= 11 is 7.52. The summed E-state index contributed by atoms with van der Waals surface area (Å²) < 4.78 is 34.3. The first-order chi connectivity index (χ1) is 18.4. The molecule has 0 aliphatic carbocycles. The molecule has 11 nitrogen and oxygen atoms in total. The van der Waals surface area contributed by atoms with Gasteiger partial charge in [-0.05, 0) is 67.6 Å². The number of hydrogen-bond donors (Lipinski definition) is 0. The third-order valence-corrected chi connectivity index (χ3v) is 17.0. The molecular formula is C23H19ClN9O2P3. The third kappa shape index (κ3) is 2.99. The summed E-state index contributed by atoms with van der Waals surface area (Å²) in [6.07, 6.45) is 3.44. The lowest BCUT2D eigenvalue weighted by Crippen LogP contribution is -2.17. The van der Waals surface area contributed by atoms with E-state index in [1.54, 1.807) is 25.8 Å². The lowest BCUT2D eigenvalue weighted by molar-refractivity contribution is 0.562. The van der Waals surface area contributed by atoms with Gasteiger partial charge in [-0.1, -0.05) is 24.3 Å². The van der Waals surface area contributed by atoms with Crippen LogP contribution in [0.5, 0.6) is 11.5 Å². The molecule has 6 heterocycles. The van der Waals surface area contributed by atoms with Crippen LogP contribution in [0, 0.1) is 13.8 Å². The molecular weight excluding hydrogens is 563 g/mol. The molecule has 3 atom stereocenters. The molecule has 0 radical (unpaired) electrons. The molecule has 0 amide bonds. The Balaban J connectivity index is 1.52. The van der Waals surface area contributed by atoms with Crippen LogP contribution in [0.4, 0.5) is 0 Å². The lowest BCUT2D eigenvalue weighted by atomic mass is 10.1. The molecule has 8 rings (SSSR count). The highest BCUT2D eigenvalue weighted by atomic mass is 35.7. The lowest BCUT2D eigenvalue weighted by Gasteiger charge is -2.37. The maximum absolute atomic E-state index is 7.52. The molecule has 0 N–H and O–H groups in total. The quantitative estimate of drug-likeness (QED) is 0.186. The fourth-order valence-electron chi connectivity index (χ4n) is 4.94. The highest BCUT2D eigenvalue weighted by molar-refractivity contribution is 7.96. The van der Waals surface area contributed by atoms with Crippen LogP contribution >= 0.6 is 33.1 Å². The van der Waals surface area contributed by atoms with Crippen molar-refractivity contribution in [3.8, 4) is 34.0 Å². The van der Waals surface area contributed by atoms with Gasteiger partial charge in [-0.25, -0.2) is 4.45 Å². The Morgan fingerprint density at radius 2 is 1.24 bits per heavy atom. The second-order valence-corrected chi connectivity index (χ2v) is 17.0. The Morgan fingerprint density at radius 3 is 1.79 bits per heavy atom. The van der Waals surface area contributed by atoms with E-state index in [0.717, 1.165) is 33.9 Å². The molecule has 0 saturated heterocycles. The van der Waals surface area contributed by atoms with Gasteiger partial charge in [0.15, 0.2) is 0 Å². The van der Waals surface area contributed by atoms with Crippen LogP contribution < -0.4 is 9.05 Å². The fourth-order valence-corrected chi connectivity index (χ4v) is 17.4. The molecule has 3 aromatic heterocycles. The van der Waals surface area contributed by atoms with Gasteiger partial charge in [0.2, 0.25) is 0 Å². The van der Waals surface area contributed by atoms with E-state index < -0.39 is 21.9 Å². The largest absolute Gasteiger partial charge is 0.425 e. The zero-order valence-electron chi connectivity index (χ0n) is 20.1. The van der Waals surface area contributed by atoms with Gasteiger partial charge in [-0.3, -0.25) is 0 Å². The van der Waals surface area contributed by atoms with Crippen LogP contribution in [-0.2, 0) is 0 Å². The van der Waals surface area contributed by atoms with E-state index in [-0.39, 0.29) is 0 Å². The number of hydrogen-bond acceptors (Lipinski definition) is 8. The van der Waals surface area contributed by atoms with E-state index in [9.17, 15) is 0 Å². The number of aromatic nitrogens is 6. The highest BCUT2D eigenvalue weighted by Crippen LogP contribution is 2.82.